The second kappa shape index (κ2) is 9.82. The zero-order valence-corrected chi connectivity index (χ0v) is 20.9. The summed E-state index contributed by atoms with van der Waals surface area (Å²) in [5.74, 6) is -0.701. The summed E-state index contributed by atoms with van der Waals surface area (Å²) in [6.45, 7) is 2.02. The van der Waals surface area contributed by atoms with E-state index in [4.69, 9.17) is 27.9 Å². The highest BCUT2D eigenvalue weighted by Crippen LogP contribution is 2.49. The maximum atomic E-state index is 12.3. The molecule has 2 heterocycles. The van der Waals surface area contributed by atoms with Gasteiger partial charge in [-0.25, -0.2) is 4.99 Å². The van der Waals surface area contributed by atoms with Crippen LogP contribution in [0.25, 0.3) is 4.91 Å². The minimum Gasteiger partial charge on any atom is -0.545 e. The van der Waals surface area contributed by atoms with Gasteiger partial charge in [0, 0.05) is 33.5 Å². The van der Waals surface area contributed by atoms with Crippen molar-refractivity contribution in [2.45, 2.75) is 19.6 Å². The standard InChI is InChI=1S/C27H20Cl2N2O3S/c1-16-23(26(32)33)25(18-10-5-6-13-21(18)34-15-17-8-3-2-4-9-17)31-14-22(35-27(31)30-16)24-19(28)11-7-12-20(24)29/h2-14,25H,15H2,1H3,(H,32,33)/p-1. The van der Waals surface area contributed by atoms with Crippen molar-refractivity contribution >= 4 is 51.0 Å². The van der Waals surface area contributed by atoms with Gasteiger partial charge in [-0.05, 0) is 42.4 Å². The van der Waals surface area contributed by atoms with E-state index in [1.54, 1.807) is 25.1 Å². The Labute approximate surface area is 217 Å². The number of benzene rings is 3. The number of hydrogen-bond donors (Lipinski definition) is 0. The second-order valence-electron chi connectivity index (χ2n) is 7.99. The van der Waals surface area contributed by atoms with Crippen molar-refractivity contribution in [3.63, 3.8) is 0 Å². The Morgan fingerprint density at radius 2 is 1.71 bits per heavy atom. The van der Waals surface area contributed by atoms with Crippen molar-refractivity contribution in [2.24, 2.45) is 4.99 Å². The first-order valence-corrected chi connectivity index (χ1v) is 12.4. The summed E-state index contributed by atoms with van der Waals surface area (Å²) >= 11 is 14.3. The third-order valence-electron chi connectivity index (χ3n) is 5.76. The second-order valence-corrected chi connectivity index (χ2v) is 9.82. The smallest absolute Gasteiger partial charge is 0.173 e. The predicted molar refractivity (Wildman–Crippen MR) is 139 cm³/mol. The number of aliphatic imine (C=N–C) groups is 1. The summed E-state index contributed by atoms with van der Waals surface area (Å²) in [6, 6.07) is 21.8. The maximum absolute atomic E-state index is 12.3. The summed E-state index contributed by atoms with van der Waals surface area (Å²) < 4.78 is 6.17. The van der Waals surface area contributed by atoms with Gasteiger partial charge in [0.05, 0.1) is 22.1 Å². The molecule has 1 unspecified atom stereocenters. The van der Waals surface area contributed by atoms with Crippen molar-refractivity contribution in [3.05, 3.63) is 117 Å². The van der Waals surface area contributed by atoms with Crippen LogP contribution in [0.2, 0.25) is 10.0 Å². The number of carbonyl (C=O) groups excluding carboxylic acids is 1. The van der Waals surface area contributed by atoms with Gasteiger partial charge in [-0.2, -0.15) is 0 Å². The molecule has 0 aromatic heterocycles. The summed E-state index contributed by atoms with van der Waals surface area (Å²) in [5, 5.41) is 13.9. The van der Waals surface area contributed by atoms with Crippen LogP contribution >= 0.6 is 35.0 Å². The van der Waals surface area contributed by atoms with Gasteiger partial charge in [-0.3, -0.25) is 0 Å². The minimum absolute atomic E-state index is 0.0767. The molecule has 0 amide bonds. The van der Waals surface area contributed by atoms with Gasteiger partial charge < -0.3 is 19.5 Å². The number of amidine groups is 1. The number of thioether (sulfide) groups is 1. The van der Waals surface area contributed by atoms with Crippen molar-refractivity contribution in [2.75, 3.05) is 0 Å². The predicted octanol–water partition coefficient (Wildman–Crippen LogP) is 6.05. The van der Waals surface area contributed by atoms with Crippen LogP contribution in [0.5, 0.6) is 5.75 Å². The summed E-state index contributed by atoms with van der Waals surface area (Å²) in [7, 11) is 0. The normalized spacial score (nSPS) is 17.1. The lowest BCUT2D eigenvalue weighted by Crippen LogP contribution is -2.38. The van der Waals surface area contributed by atoms with Crippen molar-refractivity contribution < 1.29 is 14.6 Å². The van der Waals surface area contributed by atoms with Crippen LogP contribution in [-0.4, -0.2) is 16.0 Å². The van der Waals surface area contributed by atoms with E-state index in [-0.39, 0.29) is 5.57 Å². The first-order valence-electron chi connectivity index (χ1n) is 10.8. The monoisotopic (exact) mass is 521 g/mol. The molecule has 0 fully saturated rings. The summed E-state index contributed by atoms with van der Waals surface area (Å²) in [4.78, 5) is 19.5. The number of carboxylic acids is 1. The lowest BCUT2D eigenvalue weighted by molar-refractivity contribution is -0.300. The molecule has 3 aromatic rings. The van der Waals surface area contributed by atoms with Crippen molar-refractivity contribution in [1.29, 1.82) is 0 Å². The molecule has 2 aliphatic rings. The van der Waals surface area contributed by atoms with Gasteiger partial charge in [0.1, 0.15) is 12.4 Å². The first kappa shape index (κ1) is 23.5. The Morgan fingerprint density at radius 3 is 2.43 bits per heavy atom. The number of halogens is 2. The highest BCUT2D eigenvalue weighted by atomic mass is 35.5. The Balaban J connectivity index is 1.58. The molecule has 5 rings (SSSR count). The molecule has 0 N–H and O–H groups in total. The zero-order chi connectivity index (χ0) is 24.5. The van der Waals surface area contributed by atoms with Crippen molar-refractivity contribution in [3.8, 4) is 5.75 Å². The van der Waals surface area contributed by atoms with E-state index in [1.165, 1.54) is 11.8 Å². The van der Waals surface area contributed by atoms with Crippen LogP contribution in [0, 0.1) is 0 Å². The number of hydrogen-bond acceptors (Lipinski definition) is 6. The fraction of sp³-hybridized carbons (Fsp3) is 0.111. The van der Waals surface area contributed by atoms with Crippen LogP contribution in [0.3, 0.4) is 0 Å². The van der Waals surface area contributed by atoms with E-state index in [2.05, 4.69) is 4.99 Å². The van der Waals surface area contributed by atoms with Crippen LogP contribution in [-0.2, 0) is 11.4 Å². The molecule has 1 atom stereocenters. The average Bonchev–Trinajstić information content (AvgIpc) is 3.25. The van der Waals surface area contributed by atoms with Gasteiger partial charge in [-0.15, -0.1) is 0 Å². The lowest BCUT2D eigenvalue weighted by atomic mass is 9.94. The topological polar surface area (TPSA) is 65.0 Å². The molecule has 0 radical (unpaired) electrons. The molecule has 8 heteroatoms. The molecule has 0 aliphatic carbocycles. The highest BCUT2D eigenvalue weighted by Gasteiger charge is 2.38. The zero-order valence-electron chi connectivity index (χ0n) is 18.6. The number of allylic oxidation sites excluding steroid dienone is 1. The quantitative estimate of drug-likeness (QED) is 0.394. The Bertz CT molecular complexity index is 1380. The van der Waals surface area contributed by atoms with Crippen molar-refractivity contribution in [1.82, 2.24) is 4.90 Å². The number of nitrogens with zero attached hydrogens (tertiary/aromatic N) is 2. The number of aliphatic carboxylic acids is 1. The van der Waals surface area contributed by atoms with Crippen LogP contribution in [0.1, 0.15) is 29.7 Å². The number of rotatable bonds is 6. The molecule has 0 bridgehead atoms. The third kappa shape index (κ3) is 4.57. The molecule has 3 aromatic carbocycles. The van der Waals surface area contributed by atoms with Gasteiger partial charge in [0.25, 0.3) is 0 Å². The van der Waals surface area contributed by atoms with E-state index >= 15 is 0 Å². The van der Waals surface area contributed by atoms with E-state index in [1.807, 2.05) is 65.7 Å². The lowest BCUT2D eigenvalue weighted by Gasteiger charge is -2.35. The fourth-order valence-electron chi connectivity index (χ4n) is 4.15. The average molecular weight is 522 g/mol. The molecule has 35 heavy (non-hydrogen) atoms. The molecule has 0 saturated heterocycles. The maximum Gasteiger partial charge on any atom is 0.173 e. The number of para-hydroxylation sites is 1. The summed E-state index contributed by atoms with van der Waals surface area (Å²) in [5.41, 5.74) is 2.84. The Kier molecular flexibility index (Phi) is 6.60. The van der Waals surface area contributed by atoms with Crippen LogP contribution in [0.15, 0.2) is 95.3 Å². The molecule has 0 spiro atoms. The van der Waals surface area contributed by atoms with E-state index in [0.717, 1.165) is 10.5 Å². The van der Waals surface area contributed by atoms with Gasteiger partial charge >= 0.3 is 0 Å². The van der Waals surface area contributed by atoms with Gasteiger partial charge in [0.2, 0.25) is 0 Å². The fourth-order valence-corrected chi connectivity index (χ4v) is 6.00. The van der Waals surface area contributed by atoms with Gasteiger partial charge in [0.15, 0.2) is 5.17 Å². The molecule has 5 nitrogen and oxygen atoms in total. The molecule has 0 saturated carbocycles. The number of carbonyl (C=O) groups is 1. The van der Waals surface area contributed by atoms with Crippen LogP contribution in [0.4, 0.5) is 0 Å². The number of fused-ring (bicyclic) bond motifs is 1. The first-order chi connectivity index (χ1) is 16.9. The molecule has 2 aliphatic heterocycles. The SMILES string of the molecule is CC1=C(C(=O)[O-])C(c2ccccc2OCc2ccccc2)N2C=C(c3c(Cl)cccc3Cl)SC2=N1. The largest absolute Gasteiger partial charge is 0.545 e. The van der Waals surface area contributed by atoms with E-state index < -0.39 is 12.0 Å². The molecular formula is C27H19Cl2N2O3S-. The number of ether oxygens (including phenoxy) is 1. The van der Waals surface area contributed by atoms with E-state index in [9.17, 15) is 9.90 Å². The Morgan fingerprint density at radius 1 is 1.03 bits per heavy atom. The number of carboxylic acid groups (broad SMARTS) is 1. The minimum atomic E-state index is -1.28. The Hall–Kier alpha value is -3.19. The third-order valence-corrected chi connectivity index (χ3v) is 7.41. The molecular weight excluding hydrogens is 503 g/mol. The van der Waals surface area contributed by atoms with E-state index in [0.29, 0.717) is 44.4 Å². The van der Waals surface area contributed by atoms with Crippen LogP contribution < -0.4 is 9.84 Å². The summed E-state index contributed by atoms with van der Waals surface area (Å²) in [6.07, 6.45) is 1.84. The van der Waals surface area contributed by atoms with Gasteiger partial charge in [-0.1, -0.05) is 77.8 Å². The highest BCUT2D eigenvalue weighted by molar-refractivity contribution is 8.22. The molecule has 176 valence electrons.